The average Bonchev–Trinajstić information content (AvgIpc) is 2.88. The van der Waals surface area contributed by atoms with Gasteiger partial charge in [-0.15, -0.1) is 0 Å². The summed E-state index contributed by atoms with van der Waals surface area (Å²) in [6, 6.07) is 3.99. The van der Waals surface area contributed by atoms with E-state index in [2.05, 4.69) is 15.6 Å². The fraction of sp³-hybridized carbons (Fsp3) is 0.333. The molecule has 112 valence electrons. The first-order chi connectivity index (χ1) is 10.0. The zero-order chi connectivity index (χ0) is 15.4. The van der Waals surface area contributed by atoms with E-state index in [0.717, 1.165) is 0 Å². The van der Waals surface area contributed by atoms with E-state index in [1.807, 2.05) is 6.92 Å². The molecule has 0 spiro atoms. The van der Waals surface area contributed by atoms with Gasteiger partial charge >= 0.3 is 0 Å². The number of hydrogen-bond acceptors (Lipinski definition) is 4. The van der Waals surface area contributed by atoms with Crippen LogP contribution in [0, 0.1) is 12.7 Å². The highest BCUT2D eigenvalue weighted by molar-refractivity contribution is 5.99. The quantitative estimate of drug-likeness (QED) is 0.888. The molecule has 0 radical (unpaired) electrons. The maximum Gasteiger partial charge on any atom is 0.254 e. The number of halogens is 1. The molecule has 0 saturated heterocycles. The van der Waals surface area contributed by atoms with Crippen molar-refractivity contribution in [1.82, 2.24) is 10.3 Å². The van der Waals surface area contributed by atoms with Crippen LogP contribution in [0.1, 0.15) is 41.9 Å². The number of oxazole rings is 1. The van der Waals surface area contributed by atoms with E-state index in [0.29, 0.717) is 18.2 Å². The van der Waals surface area contributed by atoms with Crippen molar-refractivity contribution in [3.05, 3.63) is 47.4 Å². The van der Waals surface area contributed by atoms with Gasteiger partial charge in [0.05, 0.1) is 17.4 Å². The van der Waals surface area contributed by atoms with Gasteiger partial charge in [0.2, 0.25) is 5.89 Å². The first-order valence-electron chi connectivity index (χ1n) is 6.78. The molecule has 0 bridgehead atoms. The lowest BCUT2D eigenvalue weighted by atomic mass is 10.1. The molecule has 0 fully saturated rings. The lowest BCUT2D eigenvalue weighted by Crippen LogP contribution is -2.28. The average molecular weight is 291 g/mol. The molecular formula is C15H18FN3O2. The van der Waals surface area contributed by atoms with Gasteiger partial charge in [0.15, 0.2) is 0 Å². The number of hydrogen-bond donors (Lipinski definition) is 2. The van der Waals surface area contributed by atoms with Gasteiger partial charge in [0.25, 0.3) is 5.91 Å². The molecule has 2 rings (SSSR count). The van der Waals surface area contributed by atoms with E-state index in [-0.39, 0.29) is 17.2 Å². The molecule has 21 heavy (non-hydrogen) atoms. The largest absolute Gasteiger partial charge is 0.444 e. The van der Waals surface area contributed by atoms with Gasteiger partial charge in [-0.05, 0) is 32.9 Å². The molecule has 1 aromatic carbocycles. The van der Waals surface area contributed by atoms with Crippen LogP contribution in [0.15, 0.2) is 28.8 Å². The Morgan fingerprint density at radius 3 is 2.86 bits per heavy atom. The third-order valence-electron chi connectivity index (χ3n) is 2.97. The number of carbonyl (C=O) groups is 1. The summed E-state index contributed by atoms with van der Waals surface area (Å²) in [5, 5.41) is 5.62. The number of amides is 1. The minimum atomic E-state index is -0.455. The Kier molecular flexibility index (Phi) is 4.57. The molecule has 1 heterocycles. The molecular weight excluding hydrogens is 273 g/mol. The van der Waals surface area contributed by atoms with Crippen molar-refractivity contribution >= 4 is 11.6 Å². The first kappa shape index (κ1) is 15.0. The number of nitrogens with one attached hydrogen (secondary N) is 2. The molecule has 0 aliphatic carbocycles. The Balaban J connectivity index is 2.18. The van der Waals surface area contributed by atoms with E-state index in [1.54, 1.807) is 26.1 Å². The van der Waals surface area contributed by atoms with Gasteiger partial charge in [-0.3, -0.25) is 4.79 Å². The van der Waals surface area contributed by atoms with Crippen molar-refractivity contribution in [2.75, 3.05) is 11.9 Å². The van der Waals surface area contributed by atoms with Gasteiger partial charge in [-0.2, -0.15) is 0 Å². The zero-order valence-electron chi connectivity index (χ0n) is 12.2. The molecule has 0 aliphatic rings. The lowest BCUT2D eigenvalue weighted by molar-refractivity contribution is 0.0934. The van der Waals surface area contributed by atoms with Crippen molar-refractivity contribution in [1.29, 1.82) is 0 Å². The predicted octanol–water partition coefficient (Wildman–Crippen LogP) is 3.04. The number of rotatable bonds is 5. The number of carbonyl (C=O) groups excluding carboxylic acids is 1. The normalized spacial score (nSPS) is 12.0. The van der Waals surface area contributed by atoms with Crippen LogP contribution < -0.4 is 10.6 Å². The topological polar surface area (TPSA) is 67.2 Å². The van der Waals surface area contributed by atoms with Gasteiger partial charge in [-0.25, -0.2) is 9.37 Å². The predicted molar refractivity (Wildman–Crippen MR) is 77.7 cm³/mol. The SMILES string of the molecule is CCNc1c(F)cccc1C(=O)NC(C)c1ncc(C)o1. The molecule has 0 aliphatic heterocycles. The van der Waals surface area contributed by atoms with Crippen molar-refractivity contribution < 1.29 is 13.6 Å². The van der Waals surface area contributed by atoms with Crippen LogP contribution in [0.4, 0.5) is 10.1 Å². The van der Waals surface area contributed by atoms with E-state index < -0.39 is 11.9 Å². The van der Waals surface area contributed by atoms with E-state index >= 15 is 0 Å². The molecule has 0 saturated carbocycles. The third kappa shape index (κ3) is 3.39. The van der Waals surface area contributed by atoms with E-state index in [4.69, 9.17) is 4.42 Å². The van der Waals surface area contributed by atoms with Crippen molar-refractivity contribution in [3.8, 4) is 0 Å². The Morgan fingerprint density at radius 1 is 1.48 bits per heavy atom. The Hall–Kier alpha value is -2.37. The highest BCUT2D eigenvalue weighted by atomic mass is 19.1. The Labute approximate surface area is 122 Å². The van der Waals surface area contributed by atoms with Crippen LogP contribution in [-0.2, 0) is 0 Å². The monoisotopic (exact) mass is 291 g/mol. The number of nitrogens with zero attached hydrogens (tertiary/aromatic N) is 1. The Bertz CT molecular complexity index is 640. The molecule has 1 aromatic heterocycles. The summed E-state index contributed by atoms with van der Waals surface area (Å²) in [5.74, 6) is 0.255. The van der Waals surface area contributed by atoms with Crippen LogP contribution in [0.2, 0.25) is 0 Å². The zero-order valence-corrected chi connectivity index (χ0v) is 12.2. The summed E-state index contributed by atoms with van der Waals surface area (Å²) in [4.78, 5) is 16.4. The van der Waals surface area contributed by atoms with Gasteiger partial charge in [0, 0.05) is 6.54 Å². The third-order valence-corrected chi connectivity index (χ3v) is 2.97. The molecule has 5 nitrogen and oxygen atoms in total. The van der Waals surface area contributed by atoms with Crippen molar-refractivity contribution in [2.24, 2.45) is 0 Å². The van der Waals surface area contributed by atoms with E-state index in [9.17, 15) is 9.18 Å². The minimum absolute atomic E-state index is 0.202. The lowest BCUT2D eigenvalue weighted by Gasteiger charge is -2.14. The molecule has 2 aromatic rings. The summed E-state index contributed by atoms with van der Waals surface area (Å²) in [5.41, 5.74) is 0.459. The number of anilines is 1. The summed E-state index contributed by atoms with van der Waals surface area (Å²) in [7, 11) is 0. The van der Waals surface area contributed by atoms with Crippen molar-refractivity contribution in [2.45, 2.75) is 26.8 Å². The number of para-hydroxylation sites is 1. The molecule has 2 N–H and O–H groups in total. The van der Waals surface area contributed by atoms with Gasteiger partial charge in [0.1, 0.15) is 17.6 Å². The van der Waals surface area contributed by atoms with Gasteiger partial charge < -0.3 is 15.1 Å². The molecule has 6 heteroatoms. The standard InChI is InChI=1S/C15H18FN3O2/c1-4-17-13-11(6-5-7-12(13)16)14(20)19-10(3)15-18-8-9(2)21-15/h5-8,10,17H,4H2,1-3H3,(H,19,20). The van der Waals surface area contributed by atoms with E-state index in [1.165, 1.54) is 12.1 Å². The van der Waals surface area contributed by atoms with Crippen LogP contribution >= 0.6 is 0 Å². The van der Waals surface area contributed by atoms with Crippen LogP contribution in [0.3, 0.4) is 0 Å². The molecule has 1 amide bonds. The number of benzene rings is 1. The highest BCUT2D eigenvalue weighted by Gasteiger charge is 2.19. The van der Waals surface area contributed by atoms with Gasteiger partial charge in [-0.1, -0.05) is 6.07 Å². The minimum Gasteiger partial charge on any atom is -0.444 e. The van der Waals surface area contributed by atoms with Crippen LogP contribution in [0.25, 0.3) is 0 Å². The van der Waals surface area contributed by atoms with Crippen LogP contribution in [0.5, 0.6) is 0 Å². The second kappa shape index (κ2) is 6.39. The first-order valence-corrected chi connectivity index (χ1v) is 6.78. The number of aryl methyl sites for hydroxylation is 1. The maximum atomic E-state index is 13.8. The summed E-state index contributed by atoms with van der Waals surface area (Å²) in [6.45, 7) is 5.90. The molecule has 1 atom stereocenters. The second-order valence-electron chi connectivity index (χ2n) is 4.70. The van der Waals surface area contributed by atoms with Crippen molar-refractivity contribution in [3.63, 3.8) is 0 Å². The smallest absolute Gasteiger partial charge is 0.254 e. The summed E-state index contributed by atoms with van der Waals surface area (Å²) >= 11 is 0. The maximum absolute atomic E-state index is 13.8. The van der Waals surface area contributed by atoms with Crippen LogP contribution in [-0.4, -0.2) is 17.4 Å². The summed E-state index contributed by atoms with van der Waals surface area (Å²) in [6.07, 6.45) is 1.59. The fourth-order valence-corrected chi connectivity index (χ4v) is 1.98. The molecule has 1 unspecified atom stereocenters. The second-order valence-corrected chi connectivity index (χ2v) is 4.70. The number of aromatic nitrogens is 1. The fourth-order valence-electron chi connectivity index (χ4n) is 1.98. The Morgan fingerprint density at radius 2 is 2.24 bits per heavy atom. The summed E-state index contributed by atoms with van der Waals surface area (Å²) < 4.78 is 19.2. The highest BCUT2D eigenvalue weighted by Crippen LogP contribution is 2.21.